The molecule has 0 saturated carbocycles. The van der Waals surface area contributed by atoms with E-state index < -0.39 is 5.91 Å². The Labute approximate surface area is 195 Å². The normalized spacial score (nSPS) is 11.9. The highest BCUT2D eigenvalue weighted by Crippen LogP contribution is 2.27. The van der Waals surface area contributed by atoms with E-state index in [0.717, 1.165) is 28.2 Å². The Balaban J connectivity index is 1.93. The van der Waals surface area contributed by atoms with Crippen LogP contribution in [-0.2, 0) is 10.2 Å². The first-order valence-corrected chi connectivity index (χ1v) is 10.9. The van der Waals surface area contributed by atoms with E-state index in [0.29, 0.717) is 10.7 Å². The van der Waals surface area contributed by atoms with Crippen molar-refractivity contribution in [2.75, 3.05) is 5.32 Å². The highest BCUT2D eigenvalue weighted by molar-refractivity contribution is 6.31. The number of benzene rings is 2. The quantitative estimate of drug-likeness (QED) is 0.350. The minimum absolute atomic E-state index is 0.0349. The molecule has 0 aliphatic carbocycles. The molecular weight excluding hydrogens is 418 g/mol. The van der Waals surface area contributed by atoms with Gasteiger partial charge in [0.2, 0.25) is 0 Å². The maximum Gasteiger partial charge on any atom is 0.266 e. The molecule has 0 aliphatic heterocycles. The van der Waals surface area contributed by atoms with Gasteiger partial charge in [0.05, 0.1) is 0 Å². The van der Waals surface area contributed by atoms with Gasteiger partial charge in [-0.25, -0.2) is 0 Å². The lowest BCUT2D eigenvalue weighted by molar-refractivity contribution is -0.112. The number of hydrogen-bond acceptors (Lipinski definition) is 2. The van der Waals surface area contributed by atoms with E-state index in [1.807, 2.05) is 39.0 Å². The molecule has 3 rings (SSSR count). The SMILES string of the molecule is Cc1ccc(Cl)cc1NC(=O)C(C#N)=Cc1cc(C)n(-c2ccc(C(C)(C)C)cc2)c1C. The van der Waals surface area contributed by atoms with Gasteiger partial charge in [0.15, 0.2) is 0 Å². The van der Waals surface area contributed by atoms with Gasteiger partial charge in [-0.05, 0) is 79.3 Å². The van der Waals surface area contributed by atoms with Crippen molar-refractivity contribution in [2.24, 2.45) is 0 Å². The second-order valence-corrected chi connectivity index (χ2v) is 9.48. The summed E-state index contributed by atoms with van der Waals surface area (Å²) in [6, 6.07) is 17.8. The number of aryl methyl sites for hydroxylation is 2. The number of hydrogen-bond donors (Lipinski definition) is 1. The van der Waals surface area contributed by atoms with Crippen molar-refractivity contribution in [2.45, 2.75) is 47.0 Å². The number of amides is 1. The number of nitriles is 1. The van der Waals surface area contributed by atoms with Crippen LogP contribution < -0.4 is 5.32 Å². The Morgan fingerprint density at radius 3 is 2.31 bits per heavy atom. The standard InChI is InChI=1S/C27H28ClN3O/c1-17-7-10-23(28)15-25(17)30-26(32)21(16-29)14-20-13-18(2)31(19(20)3)24-11-8-22(9-12-24)27(4,5)6/h7-15H,1-6H3,(H,30,32). The Hall–Kier alpha value is -3.29. The molecule has 1 aromatic heterocycles. The number of carbonyl (C=O) groups is 1. The van der Waals surface area contributed by atoms with E-state index in [1.165, 1.54) is 5.56 Å². The van der Waals surface area contributed by atoms with Crippen LogP contribution in [0.15, 0.2) is 54.1 Å². The zero-order valence-corrected chi connectivity index (χ0v) is 20.1. The molecule has 0 spiro atoms. The molecule has 0 aliphatic rings. The van der Waals surface area contributed by atoms with Crippen LogP contribution in [0, 0.1) is 32.1 Å². The van der Waals surface area contributed by atoms with Crippen molar-refractivity contribution in [3.63, 3.8) is 0 Å². The van der Waals surface area contributed by atoms with Gasteiger partial charge in [0, 0.05) is 27.8 Å². The third kappa shape index (κ3) is 4.95. The minimum atomic E-state index is -0.461. The van der Waals surface area contributed by atoms with Crippen LogP contribution in [0.25, 0.3) is 11.8 Å². The Morgan fingerprint density at radius 2 is 1.72 bits per heavy atom. The highest BCUT2D eigenvalue weighted by atomic mass is 35.5. The molecule has 1 heterocycles. The van der Waals surface area contributed by atoms with Crippen molar-refractivity contribution in [1.29, 1.82) is 5.26 Å². The van der Waals surface area contributed by atoms with E-state index in [2.05, 4.69) is 54.9 Å². The third-order valence-electron chi connectivity index (χ3n) is 5.57. The number of nitrogens with zero attached hydrogens (tertiary/aromatic N) is 2. The molecule has 1 N–H and O–H groups in total. The first kappa shape index (κ1) is 23.4. The van der Waals surface area contributed by atoms with Crippen LogP contribution in [0.1, 0.15) is 48.8 Å². The van der Waals surface area contributed by atoms with Gasteiger partial charge in [0.1, 0.15) is 11.6 Å². The molecule has 0 unspecified atom stereocenters. The predicted molar refractivity (Wildman–Crippen MR) is 132 cm³/mol. The van der Waals surface area contributed by atoms with E-state index in [-0.39, 0.29) is 11.0 Å². The van der Waals surface area contributed by atoms with Gasteiger partial charge in [0.25, 0.3) is 5.91 Å². The Bertz CT molecular complexity index is 1240. The zero-order chi connectivity index (χ0) is 23.6. The van der Waals surface area contributed by atoms with Crippen molar-refractivity contribution in [1.82, 2.24) is 4.57 Å². The fourth-order valence-electron chi connectivity index (χ4n) is 3.66. The number of halogens is 1. The van der Waals surface area contributed by atoms with Crippen LogP contribution in [-0.4, -0.2) is 10.5 Å². The summed E-state index contributed by atoms with van der Waals surface area (Å²) in [5, 5.41) is 13.0. The van der Waals surface area contributed by atoms with Crippen LogP contribution in [0.4, 0.5) is 5.69 Å². The lowest BCUT2D eigenvalue weighted by Crippen LogP contribution is -2.14. The van der Waals surface area contributed by atoms with Gasteiger partial charge in [-0.15, -0.1) is 0 Å². The molecule has 32 heavy (non-hydrogen) atoms. The summed E-state index contributed by atoms with van der Waals surface area (Å²) in [5.74, 6) is -0.461. The zero-order valence-electron chi connectivity index (χ0n) is 19.4. The van der Waals surface area contributed by atoms with Crippen LogP contribution >= 0.6 is 11.6 Å². The molecule has 5 heteroatoms. The number of aromatic nitrogens is 1. The average Bonchev–Trinajstić information content (AvgIpc) is 3.01. The summed E-state index contributed by atoms with van der Waals surface area (Å²) in [7, 11) is 0. The maximum absolute atomic E-state index is 12.8. The van der Waals surface area contributed by atoms with E-state index in [9.17, 15) is 10.1 Å². The molecule has 3 aromatic rings. The third-order valence-corrected chi connectivity index (χ3v) is 5.81. The number of nitrogens with one attached hydrogen (secondary N) is 1. The monoisotopic (exact) mass is 445 g/mol. The smallest absolute Gasteiger partial charge is 0.266 e. The molecule has 2 aromatic carbocycles. The second-order valence-electron chi connectivity index (χ2n) is 9.04. The predicted octanol–water partition coefficient (Wildman–Crippen LogP) is 6.90. The van der Waals surface area contributed by atoms with Crippen LogP contribution in [0.3, 0.4) is 0 Å². The fraction of sp³-hybridized carbons (Fsp3) is 0.259. The summed E-state index contributed by atoms with van der Waals surface area (Å²) < 4.78 is 2.13. The summed E-state index contributed by atoms with van der Waals surface area (Å²) in [5.41, 5.74) is 6.72. The summed E-state index contributed by atoms with van der Waals surface area (Å²) in [4.78, 5) is 12.8. The topological polar surface area (TPSA) is 57.8 Å². The number of carbonyl (C=O) groups excluding carboxylic acids is 1. The summed E-state index contributed by atoms with van der Waals surface area (Å²) in [6.07, 6.45) is 1.64. The molecule has 0 atom stereocenters. The lowest BCUT2D eigenvalue weighted by Gasteiger charge is -2.20. The second kappa shape index (κ2) is 9.06. The van der Waals surface area contributed by atoms with Crippen molar-refractivity contribution >= 4 is 29.3 Å². The van der Waals surface area contributed by atoms with Gasteiger partial charge in [-0.1, -0.05) is 50.6 Å². The number of anilines is 1. The fourth-order valence-corrected chi connectivity index (χ4v) is 3.84. The molecule has 164 valence electrons. The largest absolute Gasteiger partial charge is 0.321 e. The summed E-state index contributed by atoms with van der Waals surface area (Å²) in [6.45, 7) is 12.5. The van der Waals surface area contributed by atoms with Gasteiger partial charge in [-0.3, -0.25) is 4.79 Å². The van der Waals surface area contributed by atoms with Gasteiger partial charge < -0.3 is 9.88 Å². The van der Waals surface area contributed by atoms with Crippen molar-refractivity contribution in [3.8, 4) is 11.8 Å². The van der Waals surface area contributed by atoms with Gasteiger partial charge >= 0.3 is 0 Å². The lowest BCUT2D eigenvalue weighted by atomic mass is 9.87. The minimum Gasteiger partial charge on any atom is -0.321 e. The van der Waals surface area contributed by atoms with Crippen molar-refractivity contribution < 1.29 is 4.79 Å². The molecule has 0 fully saturated rings. The average molecular weight is 446 g/mol. The van der Waals surface area contributed by atoms with E-state index in [1.54, 1.807) is 18.2 Å². The van der Waals surface area contributed by atoms with Crippen LogP contribution in [0.5, 0.6) is 0 Å². The molecule has 4 nitrogen and oxygen atoms in total. The van der Waals surface area contributed by atoms with E-state index in [4.69, 9.17) is 11.6 Å². The molecular formula is C27H28ClN3O. The van der Waals surface area contributed by atoms with Crippen LogP contribution in [0.2, 0.25) is 5.02 Å². The Morgan fingerprint density at radius 1 is 1.06 bits per heavy atom. The van der Waals surface area contributed by atoms with Gasteiger partial charge in [-0.2, -0.15) is 5.26 Å². The number of rotatable bonds is 4. The highest BCUT2D eigenvalue weighted by Gasteiger charge is 2.16. The molecule has 0 saturated heterocycles. The molecule has 0 radical (unpaired) electrons. The Kier molecular flexibility index (Phi) is 6.62. The first-order valence-electron chi connectivity index (χ1n) is 10.5. The summed E-state index contributed by atoms with van der Waals surface area (Å²) >= 11 is 6.04. The molecule has 1 amide bonds. The van der Waals surface area contributed by atoms with E-state index >= 15 is 0 Å². The maximum atomic E-state index is 12.8. The first-order chi connectivity index (χ1) is 15.0. The van der Waals surface area contributed by atoms with Crippen molar-refractivity contribution in [3.05, 3.63) is 87.2 Å². The molecule has 0 bridgehead atoms.